The van der Waals surface area contributed by atoms with E-state index >= 15 is 0 Å². The van der Waals surface area contributed by atoms with Crippen LogP contribution in [0.3, 0.4) is 0 Å². The Kier molecular flexibility index (Phi) is 4.81. The minimum atomic E-state index is 0.0179. The maximum absolute atomic E-state index is 11.4. The molecule has 0 bridgehead atoms. The Hall–Kier alpha value is -1.72. The lowest BCUT2D eigenvalue weighted by Gasteiger charge is -2.08. The van der Waals surface area contributed by atoms with Crippen LogP contribution < -0.4 is 10.6 Å². The number of hydrogen-bond acceptors (Lipinski definition) is 5. The second-order valence-corrected chi connectivity index (χ2v) is 4.21. The molecule has 1 aromatic rings. The highest BCUT2D eigenvalue weighted by atomic mass is 16.1. The summed E-state index contributed by atoms with van der Waals surface area (Å²) >= 11 is 0. The third kappa shape index (κ3) is 4.76. The number of carbonyl (C=O) groups excluding carboxylic acids is 1. The van der Waals surface area contributed by atoms with E-state index in [1.54, 1.807) is 0 Å². The molecule has 0 aliphatic heterocycles. The zero-order valence-electron chi connectivity index (χ0n) is 10.7. The van der Waals surface area contributed by atoms with E-state index in [1.165, 1.54) is 0 Å². The summed E-state index contributed by atoms with van der Waals surface area (Å²) in [4.78, 5) is 15.6. The highest BCUT2D eigenvalue weighted by molar-refractivity contribution is 5.76. The standard InChI is InChI=1S/C11H19N5O/c1-7(2)13-10(17)5-6-12-11-14-8(3)9(4)15-16-11/h7H,5-6H2,1-4H3,(H,13,17)(H,12,14,16). The maximum Gasteiger partial charge on any atom is 0.242 e. The van der Waals surface area contributed by atoms with Gasteiger partial charge in [-0.15, -0.1) is 5.10 Å². The average Bonchev–Trinajstić information content (AvgIpc) is 2.22. The van der Waals surface area contributed by atoms with Crippen LogP contribution in [0.2, 0.25) is 0 Å². The van der Waals surface area contributed by atoms with E-state index in [0.717, 1.165) is 11.4 Å². The van der Waals surface area contributed by atoms with Crippen molar-refractivity contribution >= 4 is 11.9 Å². The van der Waals surface area contributed by atoms with Gasteiger partial charge in [-0.05, 0) is 27.7 Å². The predicted molar refractivity (Wildman–Crippen MR) is 65.7 cm³/mol. The molecular formula is C11H19N5O. The summed E-state index contributed by atoms with van der Waals surface area (Å²) < 4.78 is 0. The normalized spacial score (nSPS) is 10.4. The van der Waals surface area contributed by atoms with Crippen molar-refractivity contribution in [1.29, 1.82) is 0 Å². The molecule has 0 fully saturated rings. The summed E-state index contributed by atoms with van der Waals surface area (Å²) in [6.45, 7) is 8.10. The first-order valence-electron chi connectivity index (χ1n) is 5.70. The topological polar surface area (TPSA) is 79.8 Å². The van der Waals surface area contributed by atoms with Crippen LogP contribution in [-0.2, 0) is 4.79 Å². The van der Waals surface area contributed by atoms with E-state index in [-0.39, 0.29) is 11.9 Å². The zero-order chi connectivity index (χ0) is 12.8. The number of carbonyl (C=O) groups is 1. The molecule has 94 valence electrons. The van der Waals surface area contributed by atoms with Gasteiger partial charge in [-0.25, -0.2) is 4.98 Å². The van der Waals surface area contributed by atoms with Crippen LogP contribution in [0.25, 0.3) is 0 Å². The summed E-state index contributed by atoms with van der Waals surface area (Å²) in [5, 5.41) is 13.6. The molecule has 0 aromatic carbocycles. The van der Waals surface area contributed by atoms with Gasteiger partial charge in [0.2, 0.25) is 11.9 Å². The number of hydrogen-bond donors (Lipinski definition) is 2. The van der Waals surface area contributed by atoms with E-state index in [4.69, 9.17) is 0 Å². The largest absolute Gasteiger partial charge is 0.354 e. The number of rotatable bonds is 5. The fourth-order valence-corrected chi connectivity index (χ4v) is 1.21. The van der Waals surface area contributed by atoms with Crippen LogP contribution in [-0.4, -0.2) is 33.7 Å². The van der Waals surface area contributed by atoms with Crippen molar-refractivity contribution in [2.24, 2.45) is 0 Å². The SMILES string of the molecule is Cc1nnc(NCCC(=O)NC(C)C)nc1C. The molecule has 0 saturated carbocycles. The second-order valence-electron chi connectivity index (χ2n) is 4.21. The highest BCUT2D eigenvalue weighted by Crippen LogP contribution is 2.01. The third-order valence-corrected chi connectivity index (χ3v) is 2.18. The molecule has 0 atom stereocenters. The molecular weight excluding hydrogens is 218 g/mol. The van der Waals surface area contributed by atoms with E-state index in [0.29, 0.717) is 18.9 Å². The van der Waals surface area contributed by atoms with E-state index < -0.39 is 0 Å². The predicted octanol–water partition coefficient (Wildman–Crippen LogP) is 0.815. The number of aromatic nitrogens is 3. The first-order valence-corrected chi connectivity index (χ1v) is 5.70. The van der Waals surface area contributed by atoms with Gasteiger partial charge < -0.3 is 10.6 Å². The number of anilines is 1. The lowest BCUT2D eigenvalue weighted by atomic mass is 10.3. The molecule has 1 rings (SSSR count). The summed E-state index contributed by atoms with van der Waals surface area (Å²) in [7, 11) is 0. The first kappa shape index (κ1) is 13.3. The van der Waals surface area contributed by atoms with E-state index in [2.05, 4.69) is 25.8 Å². The minimum absolute atomic E-state index is 0.0179. The van der Waals surface area contributed by atoms with Crippen molar-refractivity contribution in [3.63, 3.8) is 0 Å². The Morgan fingerprint density at radius 2 is 1.94 bits per heavy atom. The number of nitrogens with one attached hydrogen (secondary N) is 2. The monoisotopic (exact) mass is 237 g/mol. The van der Waals surface area contributed by atoms with Crippen LogP contribution in [0, 0.1) is 13.8 Å². The Morgan fingerprint density at radius 3 is 2.53 bits per heavy atom. The molecule has 0 saturated heterocycles. The van der Waals surface area contributed by atoms with Crippen LogP contribution in [0.1, 0.15) is 31.7 Å². The summed E-state index contributed by atoms with van der Waals surface area (Å²) in [5.74, 6) is 0.481. The van der Waals surface area contributed by atoms with Gasteiger partial charge in [0.05, 0.1) is 11.4 Å². The van der Waals surface area contributed by atoms with Crippen LogP contribution in [0.5, 0.6) is 0 Å². The average molecular weight is 237 g/mol. The summed E-state index contributed by atoms with van der Waals surface area (Å²) in [6, 6.07) is 0.169. The van der Waals surface area contributed by atoms with E-state index in [9.17, 15) is 4.79 Å². The Morgan fingerprint density at radius 1 is 1.24 bits per heavy atom. The van der Waals surface area contributed by atoms with Crippen molar-refractivity contribution in [3.05, 3.63) is 11.4 Å². The number of nitrogens with zero attached hydrogens (tertiary/aromatic N) is 3. The maximum atomic E-state index is 11.4. The first-order chi connectivity index (χ1) is 7.99. The third-order valence-electron chi connectivity index (χ3n) is 2.18. The lowest BCUT2D eigenvalue weighted by Crippen LogP contribution is -2.31. The number of amides is 1. The highest BCUT2D eigenvalue weighted by Gasteiger charge is 2.04. The van der Waals surface area contributed by atoms with E-state index in [1.807, 2.05) is 27.7 Å². The molecule has 0 radical (unpaired) electrons. The van der Waals surface area contributed by atoms with Crippen molar-refractivity contribution in [2.45, 2.75) is 40.2 Å². The second kappa shape index (κ2) is 6.12. The van der Waals surface area contributed by atoms with Gasteiger partial charge in [0.25, 0.3) is 0 Å². The fraction of sp³-hybridized carbons (Fsp3) is 0.636. The summed E-state index contributed by atoms with van der Waals surface area (Å²) in [5.41, 5.74) is 1.65. The lowest BCUT2D eigenvalue weighted by molar-refractivity contribution is -0.121. The van der Waals surface area contributed by atoms with Gasteiger partial charge >= 0.3 is 0 Å². The molecule has 6 nitrogen and oxygen atoms in total. The number of aryl methyl sites for hydroxylation is 2. The molecule has 0 spiro atoms. The minimum Gasteiger partial charge on any atom is -0.354 e. The van der Waals surface area contributed by atoms with Crippen molar-refractivity contribution in [3.8, 4) is 0 Å². The van der Waals surface area contributed by atoms with Crippen molar-refractivity contribution in [1.82, 2.24) is 20.5 Å². The molecule has 1 aromatic heterocycles. The van der Waals surface area contributed by atoms with Crippen LogP contribution >= 0.6 is 0 Å². The molecule has 1 heterocycles. The van der Waals surface area contributed by atoms with Gasteiger partial charge in [0, 0.05) is 19.0 Å². The van der Waals surface area contributed by atoms with Gasteiger partial charge in [-0.2, -0.15) is 5.10 Å². The van der Waals surface area contributed by atoms with Gasteiger partial charge in [-0.1, -0.05) is 0 Å². The fourth-order valence-electron chi connectivity index (χ4n) is 1.21. The summed E-state index contributed by atoms with van der Waals surface area (Å²) in [6.07, 6.45) is 0.397. The van der Waals surface area contributed by atoms with Gasteiger partial charge in [0.1, 0.15) is 0 Å². The van der Waals surface area contributed by atoms with Crippen LogP contribution in [0.15, 0.2) is 0 Å². The van der Waals surface area contributed by atoms with Crippen molar-refractivity contribution in [2.75, 3.05) is 11.9 Å². The Balaban J connectivity index is 2.36. The zero-order valence-corrected chi connectivity index (χ0v) is 10.7. The Labute approximate surface area is 101 Å². The van der Waals surface area contributed by atoms with Gasteiger partial charge in [-0.3, -0.25) is 4.79 Å². The molecule has 0 aliphatic rings. The smallest absolute Gasteiger partial charge is 0.242 e. The van der Waals surface area contributed by atoms with Gasteiger partial charge in [0.15, 0.2) is 0 Å². The Bertz CT molecular complexity index is 391. The quantitative estimate of drug-likeness (QED) is 0.792. The molecule has 2 N–H and O–H groups in total. The van der Waals surface area contributed by atoms with Crippen LogP contribution in [0.4, 0.5) is 5.95 Å². The molecule has 17 heavy (non-hydrogen) atoms. The molecule has 1 amide bonds. The molecule has 6 heteroatoms. The van der Waals surface area contributed by atoms with Crippen molar-refractivity contribution < 1.29 is 4.79 Å². The molecule has 0 unspecified atom stereocenters. The molecule has 0 aliphatic carbocycles.